The highest BCUT2D eigenvalue weighted by Crippen LogP contribution is 2.40. The van der Waals surface area contributed by atoms with Crippen LogP contribution in [0.5, 0.6) is 11.5 Å². The molecule has 1 N–H and O–H groups in total. The third-order valence-corrected chi connectivity index (χ3v) is 6.88. The highest BCUT2D eigenvalue weighted by atomic mass is 16.5. The molecule has 1 aliphatic rings. The normalized spacial score (nSPS) is 20.9. The molecule has 0 bridgehead atoms. The number of benzene rings is 1. The molecular weight excluding hydrogens is 356 g/mol. The summed E-state index contributed by atoms with van der Waals surface area (Å²) in [4.78, 5) is 0. The van der Waals surface area contributed by atoms with Crippen LogP contribution in [-0.4, -0.2) is 10.7 Å². The number of phenols is 1. The van der Waals surface area contributed by atoms with Gasteiger partial charge in [0.1, 0.15) is 17.1 Å². The Kier molecular flexibility index (Phi) is 9.37. The summed E-state index contributed by atoms with van der Waals surface area (Å²) < 4.78 is 6.44. The van der Waals surface area contributed by atoms with Crippen molar-refractivity contribution >= 4 is 0 Å². The summed E-state index contributed by atoms with van der Waals surface area (Å²) in [6.45, 7) is 13.8. The van der Waals surface area contributed by atoms with E-state index < -0.39 is 0 Å². The van der Waals surface area contributed by atoms with Crippen molar-refractivity contribution in [3.8, 4) is 11.5 Å². The van der Waals surface area contributed by atoms with Gasteiger partial charge in [0.05, 0.1) is 0 Å². The predicted octanol–water partition coefficient (Wildman–Crippen LogP) is 8.22. The van der Waals surface area contributed by atoms with Gasteiger partial charge in [-0.05, 0) is 80.5 Å². The van der Waals surface area contributed by atoms with E-state index in [1.165, 1.54) is 51.4 Å². The molecule has 0 saturated heterocycles. The highest BCUT2D eigenvalue weighted by molar-refractivity contribution is 5.47. The molecule has 0 fully saturated rings. The molecule has 2 nitrogen and oxygen atoms in total. The standard InChI is InChI=1S/C27H46O2/c1-20(2)10-7-11-21(3)12-8-13-22(4)14-9-16-27(6)17-15-24-19-25(28)18-23(5)26(24)29-27/h18-22,28H,7-17H2,1-6H3/t21-,22+,27+/m0/s1. The van der Waals surface area contributed by atoms with E-state index in [-0.39, 0.29) is 5.60 Å². The average Bonchev–Trinajstić information content (AvgIpc) is 2.62. The number of phenolic OH excluding ortho intramolecular Hbond substituents is 1. The molecule has 0 aromatic heterocycles. The summed E-state index contributed by atoms with van der Waals surface area (Å²) in [7, 11) is 0. The van der Waals surface area contributed by atoms with Gasteiger partial charge in [0, 0.05) is 0 Å². The Morgan fingerprint density at radius 3 is 2.14 bits per heavy atom. The molecule has 2 rings (SSSR count). The highest BCUT2D eigenvalue weighted by Gasteiger charge is 2.32. The van der Waals surface area contributed by atoms with Crippen molar-refractivity contribution in [2.24, 2.45) is 17.8 Å². The Balaban J connectivity index is 1.65. The average molecular weight is 403 g/mol. The van der Waals surface area contributed by atoms with Crippen LogP contribution in [0.15, 0.2) is 12.1 Å². The minimum absolute atomic E-state index is 0.0562. The SMILES string of the molecule is Cc1cc(O)cc2c1O[C@](C)(CCC[C@H](C)CCC[C@@H](C)CCCC(C)C)CC2. The first-order valence-corrected chi connectivity index (χ1v) is 12.2. The number of fused-ring (bicyclic) bond motifs is 1. The molecule has 1 aliphatic heterocycles. The molecule has 29 heavy (non-hydrogen) atoms. The fourth-order valence-electron chi connectivity index (χ4n) is 4.83. The van der Waals surface area contributed by atoms with E-state index in [1.54, 1.807) is 0 Å². The molecule has 1 heterocycles. The van der Waals surface area contributed by atoms with Gasteiger partial charge < -0.3 is 9.84 Å². The quantitative estimate of drug-likeness (QED) is 0.381. The Hall–Kier alpha value is -1.18. The van der Waals surface area contributed by atoms with Crippen LogP contribution in [0.25, 0.3) is 0 Å². The molecule has 0 amide bonds. The van der Waals surface area contributed by atoms with Gasteiger partial charge in [-0.1, -0.05) is 72.6 Å². The van der Waals surface area contributed by atoms with Crippen molar-refractivity contribution in [2.75, 3.05) is 0 Å². The van der Waals surface area contributed by atoms with Crippen molar-refractivity contribution in [1.82, 2.24) is 0 Å². The molecule has 0 radical (unpaired) electrons. The van der Waals surface area contributed by atoms with Gasteiger partial charge in [0.2, 0.25) is 0 Å². The molecule has 3 atom stereocenters. The number of aromatic hydroxyl groups is 1. The number of hydrogen-bond acceptors (Lipinski definition) is 2. The summed E-state index contributed by atoms with van der Waals surface area (Å²) in [6.07, 6.45) is 14.1. The number of ether oxygens (including phenoxy) is 1. The van der Waals surface area contributed by atoms with Gasteiger partial charge in [-0.3, -0.25) is 0 Å². The van der Waals surface area contributed by atoms with Gasteiger partial charge in [-0.15, -0.1) is 0 Å². The predicted molar refractivity (Wildman–Crippen MR) is 125 cm³/mol. The largest absolute Gasteiger partial charge is 0.508 e. The van der Waals surface area contributed by atoms with Crippen molar-refractivity contribution in [3.63, 3.8) is 0 Å². The summed E-state index contributed by atoms with van der Waals surface area (Å²) >= 11 is 0. The molecule has 0 aliphatic carbocycles. The maximum absolute atomic E-state index is 9.82. The van der Waals surface area contributed by atoms with E-state index in [4.69, 9.17) is 4.74 Å². The Morgan fingerprint density at radius 2 is 1.52 bits per heavy atom. The monoisotopic (exact) mass is 402 g/mol. The third-order valence-electron chi connectivity index (χ3n) is 6.88. The fourth-order valence-corrected chi connectivity index (χ4v) is 4.83. The van der Waals surface area contributed by atoms with Crippen LogP contribution in [0.2, 0.25) is 0 Å². The van der Waals surface area contributed by atoms with Crippen molar-refractivity contribution in [1.29, 1.82) is 0 Å². The molecular formula is C27H46O2. The zero-order valence-corrected chi connectivity index (χ0v) is 20.0. The molecule has 0 saturated carbocycles. The van der Waals surface area contributed by atoms with Gasteiger partial charge in [0.25, 0.3) is 0 Å². The zero-order valence-electron chi connectivity index (χ0n) is 20.0. The van der Waals surface area contributed by atoms with Crippen LogP contribution in [0, 0.1) is 24.7 Å². The topological polar surface area (TPSA) is 29.5 Å². The Labute approximate surface area is 180 Å². The third kappa shape index (κ3) is 8.22. The number of rotatable bonds is 12. The van der Waals surface area contributed by atoms with Crippen LogP contribution >= 0.6 is 0 Å². The first kappa shape index (κ1) is 24.1. The number of aryl methyl sites for hydroxylation is 2. The van der Waals surface area contributed by atoms with Gasteiger partial charge in [0.15, 0.2) is 0 Å². The lowest BCUT2D eigenvalue weighted by atomic mass is 9.85. The fraction of sp³-hybridized carbons (Fsp3) is 0.778. The maximum Gasteiger partial charge on any atom is 0.126 e. The second-order valence-electron chi connectivity index (χ2n) is 10.7. The smallest absolute Gasteiger partial charge is 0.126 e. The lowest BCUT2D eigenvalue weighted by molar-refractivity contribution is 0.0515. The summed E-state index contributed by atoms with van der Waals surface area (Å²) in [5.74, 6) is 3.92. The second-order valence-corrected chi connectivity index (χ2v) is 10.7. The molecule has 0 spiro atoms. The number of hydrogen-bond donors (Lipinski definition) is 1. The first-order chi connectivity index (χ1) is 13.7. The molecule has 166 valence electrons. The van der Waals surface area contributed by atoms with Crippen LogP contribution < -0.4 is 4.74 Å². The van der Waals surface area contributed by atoms with E-state index in [1.807, 2.05) is 19.1 Å². The van der Waals surface area contributed by atoms with E-state index in [0.29, 0.717) is 5.75 Å². The van der Waals surface area contributed by atoms with Crippen LogP contribution in [0.3, 0.4) is 0 Å². The lowest BCUT2D eigenvalue weighted by Crippen LogP contribution is -2.36. The van der Waals surface area contributed by atoms with E-state index >= 15 is 0 Å². The van der Waals surface area contributed by atoms with E-state index in [2.05, 4.69) is 34.6 Å². The minimum atomic E-state index is -0.0562. The summed E-state index contributed by atoms with van der Waals surface area (Å²) in [5.41, 5.74) is 2.16. The zero-order chi connectivity index (χ0) is 21.4. The Bertz CT molecular complexity index is 621. The van der Waals surface area contributed by atoms with Gasteiger partial charge in [-0.25, -0.2) is 0 Å². The van der Waals surface area contributed by atoms with Crippen LogP contribution in [0.1, 0.15) is 110 Å². The van der Waals surface area contributed by atoms with Gasteiger partial charge >= 0.3 is 0 Å². The van der Waals surface area contributed by atoms with E-state index in [9.17, 15) is 5.11 Å². The lowest BCUT2D eigenvalue weighted by Gasteiger charge is -2.37. The second kappa shape index (κ2) is 11.3. The van der Waals surface area contributed by atoms with Crippen LogP contribution in [-0.2, 0) is 6.42 Å². The summed E-state index contributed by atoms with van der Waals surface area (Å²) in [5, 5.41) is 9.82. The molecule has 2 heteroatoms. The van der Waals surface area contributed by atoms with E-state index in [0.717, 1.165) is 53.9 Å². The Morgan fingerprint density at radius 1 is 0.931 bits per heavy atom. The molecule has 1 aromatic rings. The van der Waals surface area contributed by atoms with Gasteiger partial charge in [-0.2, -0.15) is 0 Å². The summed E-state index contributed by atoms with van der Waals surface area (Å²) in [6, 6.07) is 3.68. The van der Waals surface area contributed by atoms with Crippen molar-refractivity contribution in [2.45, 2.75) is 118 Å². The molecule has 1 aromatic carbocycles. The van der Waals surface area contributed by atoms with Crippen molar-refractivity contribution < 1.29 is 9.84 Å². The minimum Gasteiger partial charge on any atom is -0.508 e. The van der Waals surface area contributed by atoms with Crippen LogP contribution in [0.4, 0.5) is 0 Å². The van der Waals surface area contributed by atoms with Crippen molar-refractivity contribution in [3.05, 3.63) is 23.3 Å². The first-order valence-electron chi connectivity index (χ1n) is 12.2. The maximum atomic E-state index is 9.82. The molecule has 0 unspecified atom stereocenters.